The standard InChI is InChI=1S/C11H10N2O4.C4H2O3.C3H10N2/c14-8-2-3-9(15)12(8)6-1-7-13-10(16)4-5-11(13)17;5-3-1-2-4(6)7-3;4-2-1-3-5/h2-5H,1,6-7H2;1-2H;1-5H2. The molecule has 156 valence electrons. The lowest BCUT2D eigenvalue weighted by Crippen LogP contribution is -2.36. The van der Waals surface area contributed by atoms with Gasteiger partial charge >= 0.3 is 11.9 Å². The molecule has 29 heavy (non-hydrogen) atoms. The van der Waals surface area contributed by atoms with Crippen molar-refractivity contribution in [2.45, 2.75) is 12.8 Å². The highest BCUT2D eigenvalue weighted by Crippen LogP contribution is 2.07. The van der Waals surface area contributed by atoms with Crippen molar-refractivity contribution in [1.29, 1.82) is 0 Å². The monoisotopic (exact) mass is 406 g/mol. The fourth-order valence-corrected chi connectivity index (χ4v) is 2.11. The number of nitrogens with two attached hydrogens (primary N) is 2. The number of esters is 2. The van der Waals surface area contributed by atoms with Gasteiger partial charge in [0.05, 0.1) is 0 Å². The molecule has 0 spiro atoms. The van der Waals surface area contributed by atoms with E-state index in [1.54, 1.807) is 0 Å². The highest BCUT2D eigenvalue weighted by atomic mass is 16.6. The molecule has 0 atom stereocenters. The van der Waals surface area contributed by atoms with Crippen LogP contribution in [0.3, 0.4) is 0 Å². The van der Waals surface area contributed by atoms with Gasteiger partial charge < -0.3 is 16.2 Å². The minimum atomic E-state index is -0.579. The van der Waals surface area contributed by atoms with E-state index in [0.717, 1.165) is 41.5 Å². The zero-order valence-corrected chi connectivity index (χ0v) is 15.6. The van der Waals surface area contributed by atoms with Crippen molar-refractivity contribution >= 4 is 35.6 Å². The molecular formula is C18H22N4O7. The van der Waals surface area contributed by atoms with Gasteiger partial charge in [0.15, 0.2) is 0 Å². The van der Waals surface area contributed by atoms with Crippen LogP contribution in [0.5, 0.6) is 0 Å². The first-order valence-electron chi connectivity index (χ1n) is 8.71. The van der Waals surface area contributed by atoms with Crippen LogP contribution >= 0.6 is 0 Å². The van der Waals surface area contributed by atoms with Crippen LogP contribution in [0.4, 0.5) is 0 Å². The van der Waals surface area contributed by atoms with Gasteiger partial charge in [0.1, 0.15) is 0 Å². The molecule has 4 N–H and O–H groups in total. The molecule has 0 bridgehead atoms. The molecule has 3 rings (SSSR count). The van der Waals surface area contributed by atoms with Crippen molar-refractivity contribution in [3.05, 3.63) is 36.5 Å². The molecule has 3 aliphatic rings. The summed E-state index contributed by atoms with van der Waals surface area (Å²) in [5.74, 6) is -2.58. The Bertz CT molecular complexity index is 674. The molecule has 0 fully saturated rings. The summed E-state index contributed by atoms with van der Waals surface area (Å²) >= 11 is 0. The van der Waals surface area contributed by atoms with E-state index in [1.807, 2.05) is 0 Å². The largest absolute Gasteiger partial charge is 0.387 e. The van der Waals surface area contributed by atoms with Crippen molar-refractivity contribution in [2.24, 2.45) is 11.5 Å². The second-order valence-electron chi connectivity index (χ2n) is 5.68. The highest BCUT2D eigenvalue weighted by molar-refractivity contribution is 6.13. The molecule has 0 aromatic heterocycles. The third-order valence-electron chi connectivity index (χ3n) is 3.53. The zero-order chi connectivity index (χ0) is 21.8. The van der Waals surface area contributed by atoms with Crippen molar-refractivity contribution in [3.63, 3.8) is 0 Å². The number of hydrogen-bond acceptors (Lipinski definition) is 9. The van der Waals surface area contributed by atoms with Crippen LogP contribution in [0.2, 0.25) is 0 Å². The van der Waals surface area contributed by atoms with Crippen LogP contribution < -0.4 is 11.5 Å². The van der Waals surface area contributed by atoms with Crippen molar-refractivity contribution in [2.75, 3.05) is 26.2 Å². The van der Waals surface area contributed by atoms with Gasteiger partial charge in [-0.05, 0) is 25.9 Å². The van der Waals surface area contributed by atoms with E-state index in [1.165, 1.54) is 24.3 Å². The van der Waals surface area contributed by atoms with Gasteiger partial charge in [-0.3, -0.25) is 29.0 Å². The first kappa shape index (κ1) is 23.6. The summed E-state index contributed by atoms with van der Waals surface area (Å²) in [5.41, 5.74) is 10.1. The molecule has 0 radical (unpaired) electrons. The lowest BCUT2D eigenvalue weighted by Gasteiger charge is -2.17. The number of ether oxygens (including phenoxy) is 1. The van der Waals surface area contributed by atoms with Crippen LogP contribution in [-0.4, -0.2) is 71.5 Å². The Morgan fingerprint density at radius 3 is 1.14 bits per heavy atom. The average molecular weight is 406 g/mol. The van der Waals surface area contributed by atoms with E-state index in [2.05, 4.69) is 4.74 Å². The topological polar surface area (TPSA) is 170 Å². The lowest BCUT2D eigenvalue weighted by atomic mass is 10.3. The van der Waals surface area contributed by atoms with Crippen molar-refractivity contribution in [3.8, 4) is 0 Å². The van der Waals surface area contributed by atoms with Gasteiger partial charge in [0.25, 0.3) is 23.6 Å². The lowest BCUT2D eigenvalue weighted by molar-refractivity contribution is -0.150. The molecule has 11 heteroatoms. The zero-order valence-electron chi connectivity index (χ0n) is 15.6. The average Bonchev–Trinajstić information content (AvgIpc) is 3.32. The van der Waals surface area contributed by atoms with Gasteiger partial charge in [0, 0.05) is 49.5 Å². The van der Waals surface area contributed by atoms with E-state index in [9.17, 15) is 28.8 Å². The summed E-state index contributed by atoms with van der Waals surface area (Å²) < 4.78 is 3.97. The Morgan fingerprint density at radius 2 is 0.931 bits per heavy atom. The van der Waals surface area contributed by atoms with Crippen LogP contribution in [0.1, 0.15) is 12.8 Å². The van der Waals surface area contributed by atoms with Gasteiger partial charge in [-0.2, -0.15) is 0 Å². The van der Waals surface area contributed by atoms with E-state index in [4.69, 9.17) is 11.5 Å². The van der Waals surface area contributed by atoms with Gasteiger partial charge in [-0.1, -0.05) is 0 Å². The molecule has 0 aliphatic carbocycles. The Labute approximate surface area is 166 Å². The predicted octanol–water partition coefficient (Wildman–Crippen LogP) is -1.85. The molecule has 0 saturated heterocycles. The Morgan fingerprint density at radius 1 is 0.586 bits per heavy atom. The van der Waals surface area contributed by atoms with Crippen LogP contribution in [0.25, 0.3) is 0 Å². The molecule has 0 aromatic carbocycles. The third-order valence-corrected chi connectivity index (χ3v) is 3.53. The van der Waals surface area contributed by atoms with Crippen LogP contribution in [-0.2, 0) is 33.5 Å². The predicted molar refractivity (Wildman–Crippen MR) is 99.3 cm³/mol. The molecule has 0 unspecified atom stereocenters. The number of nitrogens with zero attached hydrogens (tertiary/aromatic N) is 2. The smallest absolute Gasteiger partial charge is 0.338 e. The summed E-state index contributed by atoms with van der Waals surface area (Å²) in [7, 11) is 0. The SMILES string of the molecule is NCCCN.O=C1C=CC(=O)N1CCCN1C(=O)C=CC1=O.O=C1C=CC(=O)O1. The first-order chi connectivity index (χ1) is 13.8. The summed E-state index contributed by atoms with van der Waals surface area (Å²) in [5, 5.41) is 0. The maximum absolute atomic E-state index is 11.2. The third kappa shape index (κ3) is 7.99. The minimum absolute atomic E-state index is 0.210. The minimum Gasteiger partial charge on any atom is -0.387 e. The first-order valence-corrected chi connectivity index (χ1v) is 8.71. The molecule has 3 heterocycles. The fourth-order valence-electron chi connectivity index (χ4n) is 2.11. The molecule has 4 amide bonds. The molecule has 3 aliphatic heterocycles. The number of imide groups is 2. The molecule has 11 nitrogen and oxygen atoms in total. The maximum atomic E-state index is 11.2. The molecule has 0 aromatic rings. The Hall–Kier alpha value is -3.44. The van der Waals surface area contributed by atoms with Gasteiger partial charge in [-0.25, -0.2) is 9.59 Å². The second-order valence-corrected chi connectivity index (χ2v) is 5.68. The fraction of sp³-hybridized carbons (Fsp3) is 0.333. The number of cyclic esters (lactones) is 2. The van der Waals surface area contributed by atoms with E-state index < -0.39 is 11.9 Å². The van der Waals surface area contributed by atoms with Crippen molar-refractivity contribution in [1.82, 2.24) is 9.80 Å². The quantitative estimate of drug-likeness (QED) is 0.292. The number of hydrogen-bond donors (Lipinski definition) is 2. The number of carbonyl (C=O) groups excluding carboxylic acids is 6. The molecular weight excluding hydrogens is 384 g/mol. The second kappa shape index (κ2) is 12.1. The van der Waals surface area contributed by atoms with Crippen molar-refractivity contribution < 1.29 is 33.5 Å². The summed E-state index contributed by atoms with van der Waals surface area (Å²) in [6, 6.07) is 0. The van der Waals surface area contributed by atoms with E-state index >= 15 is 0 Å². The highest BCUT2D eigenvalue weighted by Gasteiger charge is 2.25. The Kier molecular flexibility index (Phi) is 9.85. The van der Waals surface area contributed by atoms with E-state index in [0.29, 0.717) is 6.42 Å². The number of rotatable bonds is 6. The normalized spacial score (nSPS) is 16.9. The van der Waals surface area contributed by atoms with E-state index in [-0.39, 0.29) is 36.7 Å². The van der Waals surface area contributed by atoms with Gasteiger partial charge in [-0.15, -0.1) is 0 Å². The number of amides is 4. The Balaban J connectivity index is 0.000000288. The summed E-state index contributed by atoms with van der Waals surface area (Å²) in [4.78, 5) is 66.8. The van der Waals surface area contributed by atoms with Crippen LogP contribution in [0, 0.1) is 0 Å². The van der Waals surface area contributed by atoms with Gasteiger partial charge in [0.2, 0.25) is 0 Å². The number of carbonyl (C=O) groups is 6. The summed E-state index contributed by atoms with van der Waals surface area (Å²) in [6.45, 7) is 1.86. The van der Waals surface area contributed by atoms with Crippen LogP contribution in [0.15, 0.2) is 36.5 Å². The maximum Gasteiger partial charge on any atom is 0.338 e. The summed E-state index contributed by atoms with van der Waals surface area (Å²) in [6.07, 6.45) is 8.32. The molecule has 0 saturated carbocycles.